The van der Waals surface area contributed by atoms with E-state index in [0.717, 1.165) is 30.3 Å². The molecular weight excluding hydrogens is 266 g/mol. The van der Waals surface area contributed by atoms with Crippen LogP contribution in [0.5, 0.6) is 5.75 Å². The summed E-state index contributed by atoms with van der Waals surface area (Å²) in [5.41, 5.74) is 2.33. The molecule has 0 amide bonds. The van der Waals surface area contributed by atoms with Crippen LogP contribution in [0.25, 0.3) is 0 Å². The zero-order valence-corrected chi connectivity index (χ0v) is 13.3. The van der Waals surface area contributed by atoms with Gasteiger partial charge in [-0.15, -0.1) is 0 Å². The van der Waals surface area contributed by atoms with Crippen molar-refractivity contribution in [3.8, 4) is 5.75 Å². The molecule has 1 aromatic carbocycles. The molecule has 1 aliphatic rings. The molecule has 5 nitrogen and oxygen atoms in total. The number of nitrogens with zero attached hydrogens (tertiary/aromatic N) is 2. The smallest absolute Gasteiger partial charge is 0.193 e. The quantitative estimate of drug-likeness (QED) is 0.679. The minimum Gasteiger partial charge on any atom is -0.488 e. The number of ether oxygens (including phenoxy) is 2. The van der Waals surface area contributed by atoms with Gasteiger partial charge < -0.3 is 19.7 Å². The summed E-state index contributed by atoms with van der Waals surface area (Å²) in [6, 6.07) is 6.30. The number of aryl methyl sites for hydroxylation is 1. The van der Waals surface area contributed by atoms with Gasteiger partial charge in [0, 0.05) is 39.7 Å². The molecule has 0 spiro atoms. The van der Waals surface area contributed by atoms with Crippen molar-refractivity contribution >= 4 is 5.96 Å². The van der Waals surface area contributed by atoms with E-state index >= 15 is 0 Å². The maximum absolute atomic E-state index is 6.10. The topological polar surface area (TPSA) is 46.1 Å². The van der Waals surface area contributed by atoms with Crippen LogP contribution < -0.4 is 10.1 Å². The van der Waals surface area contributed by atoms with Gasteiger partial charge in [0.25, 0.3) is 0 Å². The van der Waals surface area contributed by atoms with Crippen molar-refractivity contribution in [1.29, 1.82) is 0 Å². The van der Waals surface area contributed by atoms with Crippen LogP contribution in [0.1, 0.15) is 17.5 Å². The van der Waals surface area contributed by atoms with Crippen LogP contribution >= 0.6 is 0 Å². The summed E-state index contributed by atoms with van der Waals surface area (Å²) in [5.74, 6) is 1.79. The second kappa shape index (κ2) is 7.31. The van der Waals surface area contributed by atoms with E-state index in [1.165, 1.54) is 5.56 Å². The highest BCUT2D eigenvalue weighted by Gasteiger charge is 2.18. The van der Waals surface area contributed by atoms with Crippen molar-refractivity contribution in [1.82, 2.24) is 10.2 Å². The fourth-order valence-corrected chi connectivity index (χ4v) is 2.31. The number of hydrogen-bond donors (Lipinski definition) is 1. The van der Waals surface area contributed by atoms with Gasteiger partial charge in [0.15, 0.2) is 5.96 Å². The standard InChI is InChI=1S/C16H25N3O2/c1-12-5-6-13(10-18-16(17-2)19(3)4)15(9-12)21-14-7-8-20-11-14/h5-6,9,14H,7-8,10-11H2,1-4H3,(H,17,18). The molecule has 1 heterocycles. The van der Waals surface area contributed by atoms with Crippen LogP contribution in [0.4, 0.5) is 0 Å². The van der Waals surface area contributed by atoms with E-state index in [2.05, 4.69) is 35.4 Å². The lowest BCUT2D eigenvalue weighted by molar-refractivity contribution is 0.140. The molecule has 1 saturated heterocycles. The fraction of sp³-hybridized carbons (Fsp3) is 0.562. The summed E-state index contributed by atoms with van der Waals surface area (Å²) in [6.07, 6.45) is 1.12. The van der Waals surface area contributed by atoms with E-state index in [4.69, 9.17) is 9.47 Å². The van der Waals surface area contributed by atoms with E-state index < -0.39 is 0 Å². The molecule has 0 bridgehead atoms. The minimum atomic E-state index is 0.165. The molecule has 21 heavy (non-hydrogen) atoms. The van der Waals surface area contributed by atoms with E-state index in [9.17, 15) is 0 Å². The molecule has 1 N–H and O–H groups in total. The van der Waals surface area contributed by atoms with Crippen LogP contribution in [-0.2, 0) is 11.3 Å². The fourth-order valence-electron chi connectivity index (χ4n) is 2.31. The molecule has 1 aromatic rings. The highest BCUT2D eigenvalue weighted by Crippen LogP contribution is 2.23. The first-order chi connectivity index (χ1) is 10.1. The number of aliphatic imine (C=N–C) groups is 1. The minimum absolute atomic E-state index is 0.165. The molecule has 116 valence electrons. The second-order valence-corrected chi connectivity index (χ2v) is 5.51. The summed E-state index contributed by atoms with van der Waals surface area (Å²) in [7, 11) is 5.72. The molecule has 2 rings (SSSR count). The van der Waals surface area contributed by atoms with Gasteiger partial charge in [-0.1, -0.05) is 12.1 Å². The Bertz CT molecular complexity index is 494. The molecule has 1 atom stereocenters. The predicted molar refractivity (Wildman–Crippen MR) is 84.9 cm³/mol. The Kier molecular flexibility index (Phi) is 5.44. The normalized spacial score (nSPS) is 18.7. The predicted octanol–water partition coefficient (Wildman–Crippen LogP) is 1.80. The maximum Gasteiger partial charge on any atom is 0.193 e. The van der Waals surface area contributed by atoms with E-state index in [-0.39, 0.29) is 6.10 Å². The maximum atomic E-state index is 6.10. The summed E-state index contributed by atoms with van der Waals surface area (Å²) in [5, 5.41) is 3.33. The van der Waals surface area contributed by atoms with Crippen molar-refractivity contribution in [2.24, 2.45) is 4.99 Å². The molecule has 1 fully saturated rings. The Labute approximate surface area is 127 Å². The van der Waals surface area contributed by atoms with Gasteiger partial charge >= 0.3 is 0 Å². The Morgan fingerprint density at radius 3 is 2.90 bits per heavy atom. The van der Waals surface area contributed by atoms with Gasteiger partial charge in [-0.2, -0.15) is 0 Å². The average Bonchev–Trinajstić information content (AvgIpc) is 2.94. The molecule has 0 aliphatic carbocycles. The van der Waals surface area contributed by atoms with Crippen LogP contribution in [-0.4, -0.2) is 51.3 Å². The molecule has 1 unspecified atom stereocenters. The van der Waals surface area contributed by atoms with Crippen molar-refractivity contribution in [3.63, 3.8) is 0 Å². The van der Waals surface area contributed by atoms with Crippen molar-refractivity contribution < 1.29 is 9.47 Å². The lowest BCUT2D eigenvalue weighted by atomic mass is 10.1. The SMILES string of the molecule is CN=C(NCc1ccc(C)cc1OC1CCOC1)N(C)C. The number of nitrogens with one attached hydrogen (secondary N) is 1. The van der Waals surface area contributed by atoms with Crippen LogP contribution in [0.15, 0.2) is 23.2 Å². The lowest BCUT2D eigenvalue weighted by Gasteiger charge is -2.20. The van der Waals surface area contributed by atoms with Gasteiger partial charge in [0.1, 0.15) is 11.9 Å². The summed E-state index contributed by atoms with van der Waals surface area (Å²) in [4.78, 5) is 6.18. The van der Waals surface area contributed by atoms with E-state index in [0.29, 0.717) is 13.2 Å². The molecule has 1 aliphatic heterocycles. The monoisotopic (exact) mass is 291 g/mol. The second-order valence-electron chi connectivity index (χ2n) is 5.51. The number of rotatable bonds is 4. The van der Waals surface area contributed by atoms with Gasteiger partial charge in [0.05, 0.1) is 13.2 Å². The Balaban J connectivity index is 2.07. The Morgan fingerprint density at radius 1 is 1.48 bits per heavy atom. The van der Waals surface area contributed by atoms with Crippen molar-refractivity contribution in [3.05, 3.63) is 29.3 Å². The molecule has 5 heteroatoms. The third-order valence-electron chi connectivity index (χ3n) is 3.48. The third-order valence-corrected chi connectivity index (χ3v) is 3.48. The van der Waals surface area contributed by atoms with Crippen molar-refractivity contribution in [2.75, 3.05) is 34.4 Å². The average molecular weight is 291 g/mol. The van der Waals surface area contributed by atoms with Gasteiger partial charge in [0.2, 0.25) is 0 Å². The summed E-state index contributed by atoms with van der Waals surface area (Å²) in [6.45, 7) is 4.24. The summed E-state index contributed by atoms with van der Waals surface area (Å²) >= 11 is 0. The highest BCUT2D eigenvalue weighted by molar-refractivity contribution is 5.79. The number of hydrogen-bond acceptors (Lipinski definition) is 3. The van der Waals surface area contributed by atoms with Gasteiger partial charge in [-0.05, 0) is 18.6 Å². The number of benzene rings is 1. The zero-order chi connectivity index (χ0) is 15.2. The first kappa shape index (κ1) is 15.6. The third kappa shape index (κ3) is 4.36. The van der Waals surface area contributed by atoms with E-state index in [1.54, 1.807) is 7.05 Å². The van der Waals surface area contributed by atoms with Gasteiger partial charge in [-0.3, -0.25) is 4.99 Å². The molecule has 0 radical (unpaired) electrons. The van der Waals surface area contributed by atoms with E-state index in [1.807, 2.05) is 19.0 Å². The number of guanidine groups is 1. The molecule has 0 saturated carbocycles. The van der Waals surface area contributed by atoms with Crippen LogP contribution in [0.3, 0.4) is 0 Å². The van der Waals surface area contributed by atoms with Crippen LogP contribution in [0.2, 0.25) is 0 Å². The largest absolute Gasteiger partial charge is 0.488 e. The van der Waals surface area contributed by atoms with Crippen molar-refractivity contribution in [2.45, 2.75) is 26.0 Å². The first-order valence-electron chi connectivity index (χ1n) is 7.32. The Hall–Kier alpha value is -1.75. The van der Waals surface area contributed by atoms with Crippen LogP contribution in [0, 0.1) is 6.92 Å². The zero-order valence-electron chi connectivity index (χ0n) is 13.3. The lowest BCUT2D eigenvalue weighted by Crippen LogP contribution is -2.35. The Morgan fingerprint density at radius 2 is 2.29 bits per heavy atom. The first-order valence-corrected chi connectivity index (χ1v) is 7.32. The highest BCUT2D eigenvalue weighted by atomic mass is 16.5. The summed E-state index contributed by atoms with van der Waals surface area (Å²) < 4.78 is 11.5. The molecular formula is C16H25N3O2. The molecule has 0 aromatic heterocycles. The van der Waals surface area contributed by atoms with Gasteiger partial charge in [-0.25, -0.2) is 0 Å².